The van der Waals surface area contributed by atoms with E-state index in [9.17, 15) is 9.00 Å². The number of fused-ring (bicyclic) bond motifs is 1. The lowest BCUT2D eigenvalue weighted by atomic mass is 10.0. The van der Waals surface area contributed by atoms with Gasteiger partial charge in [-0.3, -0.25) is 9.00 Å². The summed E-state index contributed by atoms with van der Waals surface area (Å²) in [4.78, 5) is 12.2. The smallest absolute Gasteiger partial charge is 0.224 e. The second-order valence-corrected chi connectivity index (χ2v) is 6.71. The molecule has 0 radical (unpaired) electrons. The van der Waals surface area contributed by atoms with Crippen molar-refractivity contribution in [1.29, 1.82) is 0 Å². The number of amides is 1. The van der Waals surface area contributed by atoms with Gasteiger partial charge in [0.05, 0.1) is 12.6 Å². The fraction of sp³-hybridized carbons (Fsp3) is 0.533. The van der Waals surface area contributed by atoms with Crippen molar-refractivity contribution in [3.8, 4) is 5.75 Å². The lowest BCUT2D eigenvalue weighted by Gasteiger charge is -2.20. The molecule has 0 saturated heterocycles. The van der Waals surface area contributed by atoms with Crippen LogP contribution in [0.25, 0.3) is 0 Å². The summed E-state index contributed by atoms with van der Waals surface area (Å²) in [5, 5.41) is 3.07. The summed E-state index contributed by atoms with van der Waals surface area (Å²) in [5.41, 5.74) is 1.03. The van der Waals surface area contributed by atoms with E-state index in [1.807, 2.05) is 31.2 Å². The molecule has 110 valence electrons. The van der Waals surface area contributed by atoms with Crippen LogP contribution in [0.1, 0.15) is 31.4 Å². The summed E-state index contributed by atoms with van der Waals surface area (Å²) in [7, 11) is -0.957. The zero-order valence-corrected chi connectivity index (χ0v) is 12.7. The van der Waals surface area contributed by atoms with Crippen LogP contribution in [0.2, 0.25) is 0 Å². The van der Waals surface area contributed by atoms with Gasteiger partial charge in [0.1, 0.15) is 5.75 Å². The number of hydrogen-bond acceptors (Lipinski definition) is 3. The van der Waals surface area contributed by atoms with Gasteiger partial charge in [-0.15, -0.1) is 0 Å². The van der Waals surface area contributed by atoms with Crippen LogP contribution in [0.3, 0.4) is 0 Å². The number of para-hydroxylation sites is 1. The first-order valence-corrected chi connectivity index (χ1v) is 8.62. The highest BCUT2D eigenvalue weighted by Gasteiger charge is 2.23. The third kappa shape index (κ3) is 3.82. The van der Waals surface area contributed by atoms with Gasteiger partial charge in [0.25, 0.3) is 0 Å². The molecule has 4 nitrogen and oxygen atoms in total. The molecule has 0 spiro atoms. The van der Waals surface area contributed by atoms with E-state index in [1.54, 1.807) is 6.26 Å². The highest BCUT2D eigenvalue weighted by Crippen LogP contribution is 2.31. The molecule has 1 heterocycles. The van der Waals surface area contributed by atoms with Crippen LogP contribution in [-0.4, -0.2) is 28.7 Å². The molecule has 3 atom stereocenters. The molecule has 1 aromatic rings. The Balaban J connectivity index is 2.09. The number of hydrogen-bond donors (Lipinski definition) is 1. The van der Waals surface area contributed by atoms with Gasteiger partial charge in [0.15, 0.2) is 0 Å². The van der Waals surface area contributed by atoms with Crippen molar-refractivity contribution >= 4 is 16.7 Å². The molecule has 0 bridgehead atoms. The van der Waals surface area contributed by atoms with Crippen molar-refractivity contribution in [2.24, 2.45) is 5.92 Å². The van der Waals surface area contributed by atoms with Crippen LogP contribution in [0.15, 0.2) is 24.3 Å². The summed E-state index contributed by atoms with van der Waals surface area (Å²) in [6.45, 7) is 2.49. The van der Waals surface area contributed by atoms with Crippen molar-refractivity contribution in [3.63, 3.8) is 0 Å². The Morgan fingerprint density at radius 3 is 3.00 bits per heavy atom. The zero-order chi connectivity index (χ0) is 14.5. The van der Waals surface area contributed by atoms with E-state index in [4.69, 9.17) is 4.74 Å². The van der Waals surface area contributed by atoms with Gasteiger partial charge in [-0.2, -0.15) is 0 Å². The van der Waals surface area contributed by atoms with E-state index in [0.29, 0.717) is 12.4 Å². The van der Waals surface area contributed by atoms with Crippen LogP contribution >= 0.6 is 0 Å². The Kier molecular flexibility index (Phi) is 5.17. The van der Waals surface area contributed by atoms with Crippen molar-refractivity contribution in [1.82, 2.24) is 5.32 Å². The Labute approximate surface area is 122 Å². The predicted octanol–water partition coefficient (Wildman–Crippen LogP) is 2.03. The molecule has 1 N–H and O–H groups in total. The molecule has 2 rings (SSSR count). The molecule has 1 amide bonds. The average Bonchev–Trinajstić information content (AvgIpc) is 2.61. The van der Waals surface area contributed by atoms with Gasteiger partial charge in [-0.1, -0.05) is 25.1 Å². The van der Waals surface area contributed by atoms with Crippen molar-refractivity contribution < 1.29 is 13.7 Å². The van der Waals surface area contributed by atoms with Crippen LogP contribution in [0.5, 0.6) is 5.75 Å². The van der Waals surface area contributed by atoms with Crippen molar-refractivity contribution in [2.75, 3.05) is 18.6 Å². The van der Waals surface area contributed by atoms with Gasteiger partial charge in [0.2, 0.25) is 5.91 Å². The average molecular weight is 295 g/mol. The number of rotatable bonds is 4. The molecule has 0 saturated carbocycles. The quantitative estimate of drug-likeness (QED) is 0.924. The molecule has 0 aliphatic carbocycles. The summed E-state index contributed by atoms with van der Waals surface area (Å²) in [6.07, 6.45) is 3.40. The van der Waals surface area contributed by atoms with Gasteiger partial charge < -0.3 is 10.1 Å². The van der Waals surface area contributed by atoms with Crippen molar-refractivity contribution in [3.05, 3.63) is 29.8 Å². The molecule has 1 aliphatic heterocycles. The zero-order valence-electron chi connectivity index (χ0n) is 11.9. The molecule has 5 heteroatoms. The van der Waals surface area contributed by atoms with E-state index in [0.717, 1.165) is 24.2 Å². The Morgan fingerprint density at radius 2 is 2.25 bits per heavy atom. The summed E-state index contributed by atoms with van der Waals surface area (Å²) < 4.78 is 16.9. The van der Waals surface area contributed by atoms with Gasteiger partial charge in [0, 0.05) is 34.3 Å². The maximum Gasteiger partial charge on any atom is 0.224 e. The monoisotopic (exact) mass is 295 g/mol. The van der Waals surface area contributed by atoms with E-state index in [-0.39, 0.29) is 17.9 Å². The number of benzene rings is 1. The third-order valence-corrected chi connectivity index (χ3v) is 4.41. The minimum Gasteiger partial charge on any atom is -0.493 e. The van der Waals surface area contributed by atoms with E-state index in [2.05, 4.69) is 5.32 Å². The topological polar surface area (TPSA) is 55.4 Å². The fourth-order valence-corrected chi connectivity index (χ4v) is 3.27. The molecule has 20 heavy (non-hydrogen) atoms. The summed E-state index contributed by atoms with van der Waals surface area (Å²) in [5.74, 6) is 0.970. The van der Waals surface area contributed by atoms with Crippen LogP contribution < -0.4 is 10.1 Å². The highest BCUT2D eigenvalue weighted by atomic mass is 32.2. The lowest BCUT2D eigenvalue weighted by Crippen LogP contribution is -2.34. The third-order valence-electron chi connectivity index (χ3n) is 3.44. The molecule has 0 aromatic heterocycles. The Bertz CT molecular complexity index is 504. The molecular weight excluding hydrogens is 274 g/mol. The Morgan fingerprint density at radius 1 is 1.50 bits per heavy atom. The molecule has 1 aliphatic rings. The lowest BCUT2D eigenvalue weighted by molar-refractivity contribution is -0.124. The van der Waals surface area contributed by atoms with E-state index in [1.165, 1.54) is 0 Å². The van der Waals surface area contributed by atoms with Gasteiger partial charge >= 0.3 is 0 Å². The van der Waals surface area contributed by atoms with Crippen LogP contribution in [-0.2, 0) is 15.6 Å². The number of carbonyl (C=O) groups is 1. The first-order valence-electron chi connectivity index (χ1n) is 6.90. The molecule has 3 unspecified atom stereocenters. The van der Waals surface area contributed by atoms with E-state index >= 15 is 0 Å². The van der Waals surface area contributed by atoms with Crippen molar-refractivity contribution in [2.45, 2.75) is 25.8 Å². The summed E-state index contributed by atoms with van der Waals surface area (Å²) in [6, 6.07) is 7.80. The summed E-state index contributed by atoms with van der Waals surface area (Å²) >= 11 is 0. The minimum absolute atomic E-state index is 0.0195. The number of nitrogens with one attached hydrogen (secondary N) is 1. The maximum atomic E-state index is 12.2. The maximum absolute atomic E-state index is 12.2. The number of ether oxygens (including phenoxy) is 1. The van der Waals surface area contributed by atoms with E-state index < -0.39 is 10.8 Å². The second-order valence-electron chi connectivity index (χ2n) is 5.23. The van der Waals surface area contributed by atoms with Gasteiger partial charge in [-0.05, 0) is 18.9 Å². The predicted molar refractivity (Wildman–Crippen MR) is 80.2 cm³/mol. The second kappa shape index (κ2) is 6.88. The minimum atomic E-state index is -0.957. The highest BCUT2D eigenvalue weighted by molar-refractivity contribution is 7.84. The standard InChI is InChI=1S/C15H21NO3S/c1-11(10-20(2)18)15(17)16-13-7-5-9-19-14-8-4-3-6-12(13)14/h3-4,6,8,11,13H,5,7,9-10H2,1-2H3,(H,16,17). The largest absolute Gasteiger partial charge is 0.493 e. The van der Waals surface area contributed by atoms with Gasteiger partial charge in [-0.25, -0.2) is 0 Å². The molecule has 0 fully saturated rings. The number of carbonyl (C=O) groups excluding carboxylic acids is 1. The normalized spacial score (nSPS) is 21.0. The first-order chi connectivity index (χ1) is 9.58. The fourth-order valence-electron chi connectivity index (χ4n) is 2.42. The Hall–Kier alpha value is -1.36. The van der Waals surface area contributed by atoms with Crippen LogP contribution in [0, 0.1) is 5.92 Å². The molecule has 1 aromatic carbocycles. The van der Waals surface area contributed by atoms with Crippen LogP contribution in [0.4, 0.5) is 0 Å². The molecular formula is C15H21NO3S. The first kappa shape index (κ1) is 15.0. The SMILES string of the molecule is CC(CS(C)=O)C(=O)NC1CCCOc2ccccc21.